The molecule has 0 aliphatic rings. The minimum Gasteiger partial charge on any atom is -0.382 e. The van der Waals surface area contributed by atoms with Gasteiger partial charge in [-0.15, -0.1) is 0 Å². The summed E-state index contributed by atoms with van der Waals surface area (Å²) in [4.78, 5) is 26.7. The van der Waals surface area contributed by atoms with Gasteiger partial charge in [-0.25, -0.2) is 9.97 Å². The highest BCUT2D eigenvalue weighted by Gasteiger charge is 2.30. The monoisotopic (exact) mass is 414 g/mol. The third kappa shape index (κ3) is 3.40. The van der Waals surface area contributed by atoms with E-state index in [-0.39, 0.29) is 12.5 Å². The van der Waals surface area contributed by atoms with Crippen molar-refractivity contribution in [2.75, 3.05) is 12.8 Å². The molecule has 0 bridgehead atoms. The normalized spacial score (nSPS) is 11.9. The SMILES string of the molecule is Cc1cc2nc(N)c3cncn3c2cc1C(=O)N(C)Cc1ccc(C(F)(F)F)cn1. The molecule has 3 heterocycles. The topological polar surface area (TPSA) is 89.4 Å². The fraction of sp³-hybridized carbons (Fsp3) is 0.200. The molecule has 0 aliphatic heterocycles. The van der Waals surface area contributed by atoms with Crippen LogP contribution in [0.1, 0.15) is 27.2 Å². The minimum absolute atomic E-state index is 0.0644. The van der Waals surface area contributed by atoms with Crippen molar-refractivity contribution < 1.29 is 18.0 Å². The lowest BCUT2D eigenvalue weighted by Gasteiger charge is -2.19. The molecule has 4 rings (SSSR count). The predicted molar refractivity (Wildman–Crippen MR) is 105 cm³/mol. The highest BCUT2D eigenvalue weighted by molar-refractivity contribution is 5.99. The number of nitrogen functional groups attached to an aromatic ring is 1. The number of nitrogens with zero attached hydrogens (tertiary/aromatic N) is 5. The van der Waals surface area contributed by atoms with Crippen LogP contribution in [0.25, 0.3) is 16.6 Å². The lowest BCUT2D eigenvalue weighted by molar-refractivity contribution is -0.137. The van der Waals surface area contributed by atoms with Crippen LogP contribution in [-0.2, 0) is 12.7 Å². The second kappa shape index (κ2) is 6.97. The van der Waals surface area contributed by atoms with E-state index in [1.807, 2.05) is 0 Å². The number of carbonyl (C=O) groups is 1. The third-order valence-corrected chi connectivity index (χ3v) is 4.85. The molecule has 0 saturated heterocycles. The predicted octanol–water partition coefficient (Wildman–Crippen LogP) is 3.46. The van der Waals surface area contributed by atoms with Crippen molar-refractivity contribution in [2.24, 2.45) is 0 Å². The molecule has 7 nitrogen and oxygen atoms in total. The Kier molecular flexibility index (Phi) is 4.56. The van der Waals surface area contributed by atoms with Crippen LogP contribution >= 0.6 is 0 Å². The third-order valence-electron chi connectivity index (χ3n) is 4.85. The summed E-state index contributed by atoms with van der Waals surface area (Å²) >= 11 is 0. The number of benzene rings is 1. The van der Waals surface area contributed by atoms with Gasteiger partial charge in [0.2, 0.25) is 0 Å². The first-order chi connectivity index (χ1) is 14.1. The van der Waals surface area contributed by atoms with Gasteiger partial charge in [0.1, 0.15) is 11.3 Å². The number of halogens is 3. The Hall–Kier alpha value is -3.69. The zero-order valence-electron chi connectivity index (χ0n) is 16.1. The van der Waals surface area contributed by atoms with Crippen LogP contribution in [0, 0.1) is 6.92 Å². The van der Waals surface area contributed by atoms with Gasteiger partial charge >= 0.3 is 6.18 Å². The van der Waals surface area contributed by atoms with E-state index in [1.165, 1.54) is 11.0 Å². The summed E-state index contributed by atoms with van der Waals surface area (Å²) in [6.45, 7) is 1.85. The summed E-state index contributed by atoms with van der Waals surface area (Å²) in [6.07, 6.45) is -0.507. The first-order valence-corrected chi connectivity index (χ1v) is 8.94. The number of fused-ring (bicyclic) bond motifs is 3. The molecule has 1 aromatic carbocycles. The number of nitrogens with two attached hydrogens (primary N) is 1. The number of aromatic nitrogens is 4. The van der Waals surface area contributed by atoms with Crippen molar-refractivity contribution in [2.45, 2.75) is 19.6 Å². The maximum absolute atomic E-state index is 13.0. The molecule has 0 aliphatic carbocycles. The van der Waals surface area contributed by atoms with Gasteiger partial charge in [0.05, 0.1) is 41.4 Å². The fourth-order valence-electron chi connectivity index (χ4n) is 3.26. The molecular weight excluding hydrogens is 397 g/mol. The molecular formula is C20H17F3N6O. The van der Waals surface area contributed by atoms with Gasteiger partial charge in [-0.1, -0.05) is 0 Å². The number of carbonyl (C=O) groups excluding carboxylic acids is 1. The van der Waals surface area contributed by atoms with Gasteiger partial charge in [0, 0.05) is 18.8 Å². The van der Waals surface area contributed by atoms with Crippen LogP contribution < -0.4 is 5.73 Å². The largest absolute Gasteiger partial charge is 0.417 e. The lowest BCUT2D eigenvalue weighted by atomic mass is 10.1. The smallest absolute Gasteiger partial charge is 0.382 e. The van der Waals surface area contributed by atoms with Gasteiger partial charge in [0.25, 0.3) is 5.91 Å². The van der Waals surface area contributed by atoms with E-state index < -0.39 is 11.7 Å². The van der Waals surface area contributed by atoms with E-state index in [0.717, 1.165) is 12.3 Å². The van der Waals surface area contributed by atoms with E-state index in [2.05, 4.69) is 15.0 Å². The van der Waals surface area contributed by atoms with Crippen molar-refractivity contribution >= 4 is 28.3 Å². The molecule has 0 atom stereocenters. The Bertz CT molecular complexity index is 1260. The number of hydrogen-bond acceptors (Lipinski definition) is 5. The molecule has 0 saturated carbocycles. The lowest BCUT2D eigenvalue weighted by Crippen LogP contribution is -2.27. The molecule has 1 amide bonds. The average molecular weight is 414 g/mol. The van der Waals surface area contributed by atoms with E-state index in [9.17, 15) is 18.0 Å². The second-order valence-corrected chi connectivity index (χ2v) is 7.00. The second-order valence-electron chi connectivity index (χ2n) is 7.00. The molecule has 10 heteroatoms. The van der Waals surface area contributed by atoms with E-state index >= 15 is 0 Å². The standard InChI is InChI=1S/C20H17F3N6O/c1-11-5-15-16(29-10-25-8-17(29)18(24)27-15)6-14(11)19(30)28(2)9-13-4-3-12(7-26-13)20(21,22)23/h3-8,10H,9H2,1-2H3,(H2,24,27). The maximum atomic E-state index is 13.0. The van der Waals surface area contributed by atoms with Gasteiger partial charge in [0.15, 0.2) is 0 Å². The molecule has 0 fully saturated rings. The van der Waals surface area contributed by atoms with Crippen molar-refractivity contribution in [1.29, 1.82) is 0 Å². The summed E-state index contributed by atoms with van der Waals surface area (Å²) in [5.41, 5.74) is 8.55. The van der Waals surface area contributed by atoms with Crippen LogP contribution in [0.3, 0.4) is 0 Å². The van der Waals surface area contributed by atoms with Gasteiger partial charge < -0.3 is 10.6 Å². The van der Waals surface area contributed by atoms with Crippen molar-refractivity contribution in [3.05, 3.63) is 65.4 Å². The first-order valence-electron chi connectivity index (χ1n) is 8.94. The fourth-order valence-corrected chi connectivity index (χ4v) is 3.26. The molecule has 154 valence electrons. The first kappa shape index (κ1) is 19.6. The highest BCUT2D eigenvalue weighted by atomic mass is 19.4. The quantitative estimate of drug-likeness (QED) is 0.555. The zero-order valence-corrected chi connectivity index (χ0v) is 16.1. The van der Waals surface area contributed by atoms with Crippen molar-refractivity contribution in [1.82, 2.24) is 24.3 Å². The Morgan fingerprint density at radius 3 is 2.63 bits per heavy atom. The summed E-state index contributed by atoms with van der Waals surface area (Å²) in [7, 11) is 1.57. The molecule has 0 spiro atoms. The minimum atomic E-state index is -4.45. The van der Waals surface area contributed by atoms with Crippen LogP contribution in [0.15, 0.2) is 43.0 Å². The molecule has 3 aromatic heterocycles. The van der Waals surface area contributed by atoms with Crippen LogP contribution in [0.4, 0.5) is 19.0 Å². The number of pyridine rings is 1. The van der Waals surface area contributed by atoms with Gasteiger partial charge in [-0.3, -0.25) is 14.2 Å². The highest BCUT2D eigenvalue weighted by Crippen LogP contribution is 2.28. The number of alkyl halides is 3. The Balaban J connectivity index is 1.65. The van der Waals surface area contributed by atoms with Gasteiger partial charge in [-0.2, -0.15) is 13.2 Å². The summed E-state index contributed by atoms with van der Waals surface area (Å²) in [6, 6.07) is 5.70. The Morgan fingerprint density at radius 2 is 1.97 bits per heavy atom. The van der Waals surface area contributed by atoms with Gasteiger partial charge in [-0.05, 0) is 36.8 Å². The average Bonchev–Trinajstić information content (AvgIpc) is 3.17. The molecule has 0 unspecified atom stereocenters. The number of hydrogen-bond donors (Lipinski definition) is 1. The molecule has 2 N–H and O–H groups in total. The summed E-state index contributed by atoms with van der Waals surface area (Å²) < 4.78 is 39.8. The number of amides is 1. The summed E-state index contributed by atoms with van der Waals surface area (Å²) in [5, 5.41) is 0. The van der Waals surface area contributed by atoms with E-state index in [1.54, 1.807) is 43.0 Å². The van der Waals surface area contributed by atoms with Crippen molar-refractivity contribution in [3.8, 4) is 0 Å². The number of aryl methyl sites for hydroxylation is 1. The van der Waals surface area contributed by atoms with Crippen LogP contribution in [0.2, 0.25) is 0 Å². The maximum Gasteiger partial charge on any atom is 0.417 e. The summed E-state index contributed by atoms with van der Waals surface area (Å²) in [5.74, 6) is 0.0464. The zero-order chi connectivity index (χ0) is 21.6. The van der Waals surface area contributed by atoms with E-state index in [4.69, 9.17) is 5.73 Å². The number of anilines is 1. The number of imidazole rings is 1. The van der Waals surface area contributed by atoms with Crippen molar-refractivity contribution in [3.63, 3.8) is 0 Å². The number of rotatable bonds is 3. The molecule has 30 heavy (non-hydrogen) atoms. The van der Waals surface area contributed by atoms with Crippen LogP contribution in [0.5, 0.6) is 0 Å². The molecule has 4 aromatic rings. The Labute approximate surface area is 169 Å². The van der Waals surface area contributed by atoms with Crippen LogP contribution in [-0.4, -0.2) is 37.2 Å². The Morgan fingerprint density at radius 1 is 1.20 bits per heavy atom. The van der Waals surface area contributed by atoms with E-state index in [0.29, 0.717) is 39.2 Å². The molecule has 0 radical (unpaired) electrons.